The summed E-state index contributed by atoms with van der Waals surface area (Å²) >= 11 is 5.41. The molecule has 216 valence electrons. The highest BCUT2D eigenvalue weighted by Gasteiger charge is 2.72. The van der Waals surface area contributed by atoms with Gasteiger partial charge in [0.2, 0.25) is 17.9 Å². The van der Waals surface area contributed by atoms with E-state index in [4.69, 9.17) is 30.1 Å². The molecular weight excluding hydrogens is 584 g/mol. The van der Waals surface area contributed by atoms with Crippen LogP contribution in [0.5, 0.6) is 11.5 Å². The molecule has 0 spiro atoms. The van der Waals surface area contributed by atoms with Crippen molar-refractivity contribution in [2.45, 2.75) is 50.5 Å². The summed E-state index contributed by atoms with van der Waals surface area (Å²) < 4.78 is 94.8. The quantitative estimate of drug-likeness (QED) is 0.243. The van der Waals surface area contributed by atoms with Gasteiger partial charge in [0.1, 0.15) is 11.5 Å². The maximum Gasteiger partial charge on any atom is 0.435 e. The summed E-state index contributed by atoms with van der Waals surface area (Å²) in [5.74, 6) is -8.50. The Bertz CT molecular complexity index is 1310. The predicted molar refractivity (Wildman–Crippen MR) is 134 cm³/mol. The molecule has 2 heterocycles. The van der Waals surface area contributed by atoms with Crippen LogP contribution >= 0.6 is 6.72 Å². The molecule has 2 aliphatic rings. The number of hydrogen-bond acceptors (Lipinski definition) is 8. The lowest BCUT2D eigenvalue weighted by molar-refractivity contribution is -0.201. The van der Waals surface area contributed by atoms with Crippen molar-refractivity contribution in [1.29, 1.82) is 0 Å². The molecule has 2 aromatic carbocycles. The topological polar surface area (TPSA) is 94.5 Å². The zero-order valence-electron chi connectivity index (χ0n) is 20.9. The molecule has 0 radical (unpaired) electrons. The Kier molecular flexibility index (Phi) is 8.40. The van der Waals surface area contributed by atoms with Crippen LogP contribution in [-0.2, 0) is 30.7 Å². The van der Waals surface area contributed by atoms with E-state index < -0.39 is 67.5 Å². The zero-order valence-corrected chi connectivity index (χ0v) is 22.6. The summed E-state index contributed by atoms with van der Waals surface area (Å²) in [5.41, 5.74) is -1.75. The molecule has 1 N–H and O–H groups in total. The van der Waals surface area contributed by atoms with E-state index in [0.29, 0.717) is 0 Å². The summed E-state index contributed by atoms with van der Waals surface area (Å²) in [4.78, 5) is 23.6. The summed E-state index contributed by atoms with van der Waals surface area (Å²) in [7, 11) is 0. The van der Waals surface area contributed by atoms with E-state index in [1.807, 2.05) is 0 Å². The third-order valence-electron chi connectivity index (χ3n) is 6.15. The number of ether oxygens (including phenoxy) is 1. The van der Waals surface area contributed by atoms with E-state index in [0.717, 1.165) is 11.1 Å². The number of ketones is 1. The average molecular weight is 607 g/mol. The van der Waals surface area contributed by atoms with Gasteiger partial charge in [0, 0.05) is 18.0 Å². The molecule has 0 aliphatic carbocycles. The van der Waals surface area contributed by atoms with E-state index in [-0.39, 0.29) is 22.6 Å². The summed E-state index contributed by atoms with van der Waals surface area (Å²) in [6, 6.07) is 12.6. The molecule has 0 bridgehead atoms. The first-order valence-electron chi connectivity index (χ1n) is 11.7. The lowest BCUT2D eigenvalue weighted by Gasteiger charge is -2.33. The van der Waals surface area contributed by atoms with Gasteiger partial charge in [-0.15, -0.1) is 0 Å². The Morgan fingerprint density at radius 3 is 2.02 bits per heavy atom. The van der Waals surface area contributed by atoms with Crippen LogP contribution < -0.4 is 9.05 Å². The maximum absolute atomic E-state index is 15.2. The second-order valence-electron chi connectivity index (χ2n) is 9.21. The number of nitrogens with zero attached hydrogens (tertiary/aromatic N) is 1. The Balaban J connectivity index is 1.66. The number of rotatable bonds is 9. The van der Waals surface area contributed by atoms with E-state index in [2.05, 4.69) is 0 Å². The lowest BCUT2D eigenvalue weighted by Crippen LogP contribution is -2.54. The van der Waals surface area contributed by atoms with E-state index >= 15 is 8.78 Å². The first-order chi connectivity index (χ1) is 18.7. The van der Waals surface area contributed by atoms with E-state index in [1.54, 1.807) is 38.1 Å². The van der Waals surface area contributed by atoms with Crippen LogP contribution in [-0.4, -0.2) is 58.6 Å². The van der Waals surface area contributed by atoms with Gasteiger partial charge < -0.3 is 18.9 Å². The standard InChI is InChI=1S/C25H23F5NO7PS/c1-14-3-7-16(8-4-14)37-39(40,38-17-9-5-15(2)6-10-17)35-13-24(22(27)28)21(34)25(29,30)23(36-24)31-12-18(26)19(32)11-20(31)33/h3-10,12,21-23,34H,11,13H2,1-2H3/t21-,23-,24-/m1/s1. The molecule has 2 aliphatic heterocycles. The van der Waals surface area contributed by atoms with E-state index in [1.165, 1.54) is 24.3 Å². The number of alkyl halides is 4. The van der Waals surface area contributed by atoms with Gasteiger partial charge in [0.15, 0.2) is 17.5 Å². The van der Waals surface area contributed by atoms with Crippen molar-refractivity contribution in [2.75, 3.05) is 6.61 Å². The molecule has 1 amide bonds. The van der Waals surface area contributed by atoms with Crippen LogP contribution in [0.2, 0.25) is 0 Å². The molecule has 40 heavy (non-hydrogen) atoms. The van der Waals surface area contributed by atoms with Crippen molar-refractivity contribution in [1.82, 2.24) is 4.90 Å². The first kappa shape index (κ1) is 30.1. The highest BCUT2D eigenvalue weighted by molar-refractivity contribution is 8.07. The number of hydrogen-bond donors (Lipinski definition) is 1. The molecule has 0 saturated carbocycles. The van der Waals surface area contributed by atoms with Crippen molar-refractivity contribution < 1.29 is 55.0 Å². The fourth-order valence-electron chi connectivity index (χ4n) is 3.89. The smallest absolute Gasteiger partial charge is 0.416 e. The van der Waals surface area contributed by atoms with Gasteiger partial charge in [-0.3, -0.25) is 19.0 Å². The Labute approximate surface area is 230 Å². The first-order valence-corrected chi connectivity index (χ1v) is 14.2. The lowest BCUT2D eigenvalue weighted by atomic mass is 9.95. The molecule has 0 unspecified atom stereocenters. The summed E-state index contributed by atoms with van der Waals surface area (Å²) in [5, 5.41) is 10.4. The molecule has 2 aromatic rings. The van der Waals surface area contributed by atoms with Crippen molar-refractivity contribution in [3.63, 3.8) is 0 Å². The minimum absolute atomic E-state index is 0.0359. The second-order valence-corrected chi connectivity index (χ2v) is 12.1. The minimum atomic E-state index is -4.55. The SMILES string of the molecule is Cc1ccc(OP(=S)(OC[C@@]2(C(F)F)O[C@@H](N3C=C(F)C(=O)CC3=O)C(F)(F)[C@@H]2O)Oc2ccc(C)cc2)cc1. The monoisotopic (exact) mass is 607 g/mol. The highest BCUT2D eigenvalue weighted by Crippen LogP contribution is 2.54. The van der Waals surface area contributed by atoms with Gasteiger partial charge >= 0.3 is 12.6 Å². The fraction of sp³-hybridized carbons (Fsp3) is 0.360. The minimum Gasteiger partial charge on any atom is -0.416 e. The second kappa shape index (κ2) is 11.2. The number of carbonyl (C=O) groups excluding carboxylic acids is 2. The van der Waals surface area contributed by atoms with Crippen molar-refractivity contribution in [3.05, 3.63) is 71.7 Å². The number of aliphatic hydroxyl groups excluding tert-OH is 1. The van der Waals surface area contributed by atoms with Crippen LogP contribution in [0, 0.1) is 13.8 Å². The van der Waals surface area contributed by atoms with Crippen molar-refractivity contribution in [2.24, 2.45) is 0 Å². The number of halogens is 5. The predicted octanol–water partition coefficient (Wildman–Crippen LogP) is 4.97. The van der Waals surface area contributed by atoms with Crippen LogP contribution in [0.1, 0.15) is 17.5 Å². The molecular formula is C25H23F5NO7PS. The summed E-state index contributed by atoms with van der Waals surface area (Å²) in [6.07, 6.45) is -11.0. The number of amides is 1. The van der Waals surface area contributed by atoms with Gasteiger partial charge in [-0.05, 0) is 38.1 Å². The molecule has 8 nitrogen and oxygen atoms in total. The maximum atomic E-state index is 15.2. The fourth-order valence-corrected chi connectivity index (χ4v) is 5.82. The summed E-state index contributed by atoms with van der Waals surface area (Å²) in [6.45, 7) is -1.99. The van der Waals surface area contributed by atoms with Crippen LogP contribution in [0.15, 0.2) is 60.6 Å². The number of aryl methyl sites for hydroxylation is 2. The van der Waals surface area contributed by atoms with Gasteiger partial charge in [-0.1, -0.05) is 35.4 Å². The number of Topliss-reactive ketones (excluding diaryl/α,β-unsaturated/α-hetero) is 1. The molecule has 1 saturated heterocycles. The van der Waals surface area contributed by atoms with Crippen molar-refractivity contribution in [3.8, 4) is 11.5 Å². The number of benzene rings is 2. The number of allylic oxidation sites excluding steroid dienone is 1. The zero-order chi connectivity index (χ0) is 29.5. The van der Waals surface area contributed by atoms with Gasteiger partial charge in [0.05, 0.1) is 13.0 Å². The molecule has 4 rings (SSSR count). The normalized spacial score (nSPS) is 24.8. The molecule has 0 aromatic heterocycles. The Hall–Kier alpha value is -2.90. The highest BCUT2D eigenvalue weighted by atomic mass is 32.5. The molecule has 1 fully saturated rings. The van der Waals surface area contributed by atoms with Crippen LogP contribution in [0.25, 0.3) is 0 Å². The van der Waals surface area contributed by atoms with Gasteiger partial charge in [-0.25, -0.2) is 13.2 Å². The Morgan fingerprint density at radius 2 is 1.55 bits per heavy atom. The van der Waals surface area contributed by atoms with Crippen LogP contribution in [0.4, 0.5) is 22.0 Å². The third kappa shape index (κ3) is 5.91. The third-order valence-corrected chi connectivity index (χ3v) is 8.23. The Morgan fingerprint density at radius 1 is 1.05 bits per heavy atom. The van der Waals surface area contributed by atoms with Crippen LogP contribution in [0.3, 0.4) is 0 Å². The molecule has 3 atom stereocenters. The van der Waals surface area contributed by atoms with E-state index in [9.17, 15) is 27.9 Å². The van der Waals surface area contributed by atoms with Crippen molar-refractivity contribution >= 4 is 30.2 Å². The average Bonchev–Trinajstić information content (AvgIpc) is 3.09. The molecule has 15 heteroatoms. The van der Waals surface area contributed by atoms with Gasteiger partial charge in [0.25, 0.3) is 6.43 Å². The number of aliphatic hydroxyl groups is 1. The number of carbonyl (C=O) groups is 2. The van der Waals surface area contributed by atoms with Gasteiger partial charge in [-0.2, -0.15) is 8.78 Å². The largest absolute Gasteiger partial charge is 0.435 e.